The van der Waals surface area contributed by atoms with Crippen LogP contribution < -0.4 is 4.72 Å². The molecule has 2 aromatic rings. The van der Waals surface area contributed by atoms with Gasteiger partial charge in [-0.15, -0.1) is 0 Å². The molecule has 128 valence electrons. The minimum Gasteiger partial charge on any atom is -0.299 e. The fourth-order valence-corrected chi connectivity index (χ4v) is 4.42. The molecule has 1 N–H and O–H groups in total. The Morgan fingerprint density at radius 2 is 1.58 bits per heavy atom. The standard InChI is InChI=1S/C18H21ClN2O2S/c19-17-5-1-2-6-18(17)24(22,23)20-13-15-7-9-16(10-8-15)14-21-11-3-4-12-21/h1-2,5-10,20H,3-4,11-14H2. The molecule has 0 aliphatic carbocycles. The van der Waals surface area contributed by atoms with E-state index in [4.69, 9.17) is 11.6 Å². The third-order valence-electron chi connectivity index (χ3n) is 4.22. The van der Waals surface area contributed by atoms with Crippen molar-refractivity contribution in [3.05, 3.63) is 64.7 Å². The first-order valence-corrected chi connectivity index (χ1v) is 9.95. The average molecular weight is 365 g/mol. The molecule has 0 atom stereocenters. The number of benzene rings is 2. The highest BCUT2D eigenvalue weighted by Gasteiger charge is 2.17. The summed E-state index contributed by atoms with van der Waals surface area (Å²) in [6.07, 6.45) is 2.56. The second-order valence-electron chi connectivity index (χ2n) is 6.05. The highest BCUT2D eigenvalue weighted by Crippen LogP contribution is 2.20. The molecule has 0 saturated carbocycles. The second-order valence-corrected chi connectivity index (χ2v) is 8.20. The van der Waals surface area contributed by atoms with Crippen LogP contribution in [0.1, 0.15) is 24.0 Å². The number of halogens is 1. The summed E-state index contributed by atoms with van der Waals surface area (Å²) >= 11 is 5.97. The van der Waals surface area contributed by atoms with Gasteiger partial charge in [0.15, 0.2) is 0 Å². The molecule has 0 unspecified atom stereocenters. The molecule has 24 heavy (non-hydrogen) atoms. The maximum atomic E-state index is 12.3. The van der Waals surface area contributed by atoms with Gasteiger partial charge in [-0.25, -0.2) is 13.1 Å². The van der Waals surface area contributed by atoms with Crippen LogP contribution in [-0.4, -0.2) is 26.4 Å². The van der Waals surface area contributed by atoms with Crippen LogP contribution in [0.4, 0.5) is 0 Å². The number of rotatable bonds is 6. The zero-order valence-corrected chi connectivity index (χ0v) is 15.0. The smallest absolute Gasteiger partial charge is 0.242 e. The van der Waals surface area contributed by atoms with Gasteiger partial charge in [0.2, 0.25) is 10.0 Å². The summed E-state index contributed by atoms with van der Waals surface area (Å²) in [5.41, 5.74) is 2.19. The van der Waals surface area contributed by atoms with Crippen molar-refractivity contribution in [1.82, 2.24) is 9.62 Å². The molecular formula is C18H21ClN2O2S. The van der Waals surface area contributed by atoms with Crippen LogP contribution >= 0.6 is 11.6 Å². The van der Waals surface area contributed by atoms with E-state index in [-0.39, 0.29) is 16.5 Å². The Labute approximate surface area is 148 Å². The summed E-state index contributed by atoms with van der Waals surface area (Å²) in [6, 6.07) is 14.5. The van der Waals surface area contributed by atoms with Crippen molar-refractivity contribution in [2.45, 2.75) is 30.8 Å². The first-order chi connectivity index (χ1) is 11.5. The minimum atomic E-state index is -3.61. The van der Waals surface area contributed by atoms with Crippen LogP contribution in [-0.2, 0) is 23.1 Å². The third kappa shape index (κ3) is 4.36. The number of hydrogen-bond acceptors (Lipinski definition) is 3. The normalized spacial score (nSPS) is 15.7. The van der Waals surface area contributed by atoms with Crippen molar-refractivity contribution < 1.29 is 8.42 Å². The predicted molar refractivity (Wildman–Crippen MR) is 96.4 cm³/mol. The molecule has 0 spiro atoms. The van der Waals surface area contributed by atoms with Gasteiger partial charge in [0.1, 0.15) is 4.90 Å². The summed E-state index contributed by atoms with van der Waals surface area (Å²) in [6.45, 7) is 3.54. The van der Waals surface area contributed by atoms with Gasteiger partial charge in [-0.2, -0.15) is 0 Å². The van der Waals surface area contributed by atoms with Gasteiger partial charge in [0.05, 0.1) is 5.02 Å². The zero-order valence-electron chi connectivity index (χ0n) is 13.4. The lowest BCUT2D eigenvalue weighted by Crippen LogP contribution is -2.23. The van der Waals surface area contributed by atoms with Crippen LogP contribution in [0.15, 0.2) is 53.4 Å². The third-order valence-corrected chi connectivity index (χ3v) is 6.12. The molecule has 3 rings (SSSR count). The van der Waals surface area contributed by atoms with E-state index in [1.165, 1.54) is 37.6 Å². The minimum absolute atomic E-state index is 0.109. The maximum Gasteiger partial charge on any atom is 0.242 e. The number of hydrogen-bond donors (Lipinski definition) is 1. The Morgan fingerprint density at radius 1 is 0.958 bits per heavy atom. The molecule has 1 saturated heterocycles. The van der Waals surface area contributed by atoms with Crippen LogP contribution in [0.2, 0.25) is 5.02 Å². The van der Waals surface area contributed by atoms with E-state index < -0.39 is 10.0 Å². The molecule has 6 heteroatoms. The lowest BCUT2D eigenvalue weighted by Gasteiger charge is -2.14. The summed E-state index contributed by atoms with van der Waals surface area (Å²) in [5.74, 6) is 0. The van der Waals surface area contributed by atoms with E-state index in [2.05, 4.69) is 21.8 Å². The van der Waals surface area contributed by atoms with Crippen molar-refractivity contribution in [1.29, 1.82) is 0 Å². The monoisotopic (exact) mass is 364 g/mol. The summed E-state index contributed by atoms with van der Waals surface area (Å²) in [7, 11) is -3.61. The molecule has 2 aromatic carbocycles. The van der Waals surface area contributed by atoms with Gasteiger partial charge in [0.25, 0.3) is 0 Å². The molecule has 0 aromatic heterocycles. The van der Waals surface area contributed by atoms with Crippen molar-refractivity contribution in [3.63, 3.8) is 0 Å². The quantitative estimate of drug-likeness (QED) is 0.854. The van der Waals surface area contributed by atoms with Gasteiger partial charge >= 0.3 is 0 Å². The molecule has 0 amide bonds. The van der Waals surface area contributed by atoms with Crippen molar-refractivity contribution in [2.24, 2.45) is 0 Å². The van der Waals surface area contributed by atoms with Crippen LogP contribution in [0.25, 0.3) is 0 Å². The predicted octanol–water partition coefficient (Wildman–Crippen LogP) is 3.41. The van der Waals surface area contributed by atoms with Gasteiger partial charge < -0.3 is 0 Å². The van der Waals surface area contributed by atoms with Crippen molar-refractivity contribution in [2.75, 3.05) is 13.1 Å². The highest BCUT2D eigenvalue weighted by molar-refractivity contribution is 7.89. The highest BCUT2D eigenvalue weighted by atomic mass is 35.5. The molecule has 1 fully saturated rings. The van der Waals surface area contributed by atoms with Crippen LogP contribution in [0, 0.1) is 0 Å². The maximum absolute atomic E-state index is 12.3. The van der Waals surface area contributed by atoms with E-state index in [9.17, 15) is 8.42 Å². The van der Waals surface area contributed by atoms with Crippen molar-refractivity contribution in [3.8, 4) is 0 Å². The zero-order chi connectivity index (χ0) is 17.0. The number of sulfonamides is 1. The molecule has 0 bridgehead atoms. The topological polar surface area (TPSA) is 49.4 Å². The molecule has 0 radical (unpaired) electrons. The Kier molecular flexibility index (Phi) is 5.56. The first kappa shape index (κ1) is 17.4. The fourth-order valence-electron chi connectivity index (χ4n) is 2.88. The van der Waals surface area contributed by atoms with Gasteiger partial charge in [-0.05, 0) is 49.2 Å². The van der Waals surface area contributed by atoms with Gasteiger partial charge in [-0.1, -0.05) is 48.0 Å². The molecular weight excluding hydrogens is 344 g/mol. The van der Waals surface area contributed by atoms with Crippen LogP contribution in [0.5, 0.6) is 0 Å². The van der Waals surface area contributed by atoms with Gasteiger partial charge in [-0.3, -0.25) is 4.90 Å². The molecule has 1 aliphatic rings. The van der Waals surface area contributed by atoms with E-state index in [0.717, 1.165) is 12.1 Å². The first-order valence-electron chi connectivity index (χ1n) is 8.09. The Hall–Kier alpha value is -1.40. The Balaban J connectivity index is 1.61. The summed E-state index contributed by atoms with van der Waals surface area (Å²) in [5, 5.41) is 0.228. The summed E-state index contributed by atoms with van der Waals surface area (Å²) in [4.78, 5) is 2.55. The van der Waals surface area contributed by atoms with E-state index in [1.54, 1.807) is 18.2 Å². The average Bonchev–Trinajstić information content (AvgIpc) is 3.07. The van der Waals surface area contributed by atoms with E-state index in [1.807, 2.05) is 12.1 Å². The lowest BCUT2D eigenvalue weighted by molar-refractivity contribution is 0.331. The SMILES string of the molecule is O=S(=O)(NCc1ccc(CN2CCCC2)cc1)c1ccccc1Cl. The Bertz CT molecular complexity index is 785. The van der Waals surface area contributed by atoms with E-state index in [0.29, 0.717) is 0 Å². The summed E-state index contributed by atoms with van der Waals surface area (Å²) < 4.78 is 27.2. The van der Waals surface area contributed by atoms with Gasteiger partial charge in [0, 0.05) is 13.1 Å². The molecule has 1 heterocycles. The van der Waals surface area contributed by atoms with Crippen LogP contribution in [0.3, 0.4) is 0 Å². The largest absolute Gasteiger partial charge is 0.299 e. The number of nitrogens with zero attached hydrogens (tertiary/aromatic N) is 1. The van der Waals surface area contributed by atoms with Crippen molar-refractivity contribution >= 4 is 21.6 Å². The second kappa shape index (κ2) is 7.66. The Morgan fingerprint density at radius 3 is 2.25 bits per heavy atom. The molecule has 4 nitrogen and oxygen atoms in total. The molecule has 1 aliphatic heterocycles. The number of nitrogens with one attached hydrogen (secondary N) is 1. The number of likely N-dealkylation sites (tertiary alicyclic amines) is 1. The fraction of sp³-hybridized carbons (Fsp3) is 0.333. The van der Waals surface area contributed by atoms with E-state index >= 15 is 0 Å². The lowest BCUT2D eigenvalue weighted by atomic mass is 10.1.